The van der Waals surface area contributed by atoms with Crippen molar-refractivity contribution in [2.75, 3.05) is 23.3 Å². The number of carbonyl (C=O) groups is 2. The Morgan fingerprint density at radius 2 is 1.68 bits per heavy atom. The number of hydrogen-bond donors (Lipinski definition) is 2. The number of benzene rings is 3. The Morgan fingerprint density at radius 3 is 2.35 bits per heavy atom. The summed E-state index contributed by atoms with van der Waals surface area (Å²) < 4.78 is 13.3. The Hall–Kier alpha value is -3.09. The molecule has 0 spiro atoms. The largest absolute Gasteiger partial charge is 0.353 e. The van der Waals surface area contributed by atoms with Crippen molar-refractivity contribution < 1.29 is 14.0 Å². The van der Waals surface area contributed by atoms with Crippen LogP contribution in [-0.2, 0) is 4.79 Å². The molecule has 3 aromatic carbocycles. The van der Waals surface area contributed by atoms with Crippen molar-refractivity contribution in [3.05, 3.63) is 95.3 Å². The number of nitrogens with one attached hydrogen (secondary N) is 2. The number of nitrogens with zero attached hydrogens (tertiary/aromatic N) is 1. The maximum atomic E-state index is 13.3. The molecule has 3 rings (SSSR count). The fourth-order valence-corrected chi connectivity index (χ4v) is 3.29. The Kier molecular flexibility index (Phi) is 7.87. The third kappa shape index (κ3) is 6.44. The summed E-state index contributed by atoms with van der Waals surface area (Å²) in [5, 5.41) is 5.12. The maximum absolute atomic E-state index is 13.3. The number of hydrogen-bond acceptors (Lipinski definition) is 2. The molecule has 0 fully saturated rings. The van der Waals surface area contributed by atoms with Gasteiger partial charge in [0.25, 0.3) is 0 Å². The molecule has 0 radical (unpaired) electrons. The van der Waals surface area contributed by atoms with Gasteiger partial charge in [0.15, 0.2) is 0 Å². The molecule has 8 heteroatoms. The van der Waals surface area contributed by atoms with Crippen LogP contribution >= 0.6 is 23.2 Å². The fourth-order valence-electron chi connectivity index (χ4n) is 2.88. The summed E-state index contributed by atoms with van der Waals surface area (Å²) in [6, 6.07) is 20.7. The van der Waals surface area contributed by atoms with Gasteiger partial charge >= 0.3 is 6.03 Å². The molecule has 31 heavy (non-hydrogen) atoms. The molecule has 0 heterocycles. The minimum atomic E-state index is -0.847. The highest BCUT2D eigenvalue weighted by molar-refractivity contribution is 6.31. The first-order chi connectivity index (χ1) is 14.9. The first-order valence-electron chi connectivity index (χ1n) is 9.50. The van der Waals surface area contributed by atoms with Crippen molar-refractivity contribution >= 4 is 46.5 Å². The van der Waals surface area contributed by atoms with Gasteiger partial charge in [-0.1, -0.05) is 48.0 Å². The average molecular weight is 460 g/mol. The normalized spacial score (nSPS) is 11.5. The highest BCUT2D eigenvalue weighted by atomic mass is 35.5. The molecule has 3 amide bonds. The minimum Gasteiger partial charge on any atom is -0.353 e. The van der Waals surface area contributed by atoms with Crippen molar-refractivity contribution in [3.63, 3.8) is 0 Å². The summed E-state index contributed by atoms with van der Waals surface area (Å²) >= 11 is 12.2. The van der Waals surface area contributed by atoms with E-state index in [0.717, 1.165) is 0 Å². The van der Waals surface area contributed by atoms with E-state index in [1.807, 2.05) is 6.07 Å². The summed E-state index contributed by atoms with van der Waals surface area (Å²) in [5.74, 6) is -0.790. The monoisotopic (exact) mass is 459 g/mol. The molecule has 1 unspecified atom stereocenters. The van der Waals surface area contributed by atoms with E-state index in [-0.39, 0.29) is 19.0 Å². The molecule has 3 aromatic rings. The third-order valence-electron chi connectivity index (χ3n) is 4.42. The second-order valence-corrected chi connectivity index (χ2v) is 7.51. The lowest BCUT2D eigenvalue weighted by Crippen LogP contribution is -2.41. The molecule has 1 atom stereocenters. The van der Waals surface area contributed by atoms with Gasteiger partial charge in [0.1, 0.15) is 11.2 Å². The minimum absolute atomic E-state index is 0.141. The summed E-state index contributed by atoms with van der Waals surface area (Å²) in [5.41, 5.74) is 1.66. The highest BCUT2D eigenvalue weighted by Gasteiger charge is 2.19. The van der Waals surface area contributed by atoms with E-state index in [2.05, 4.69) is 10.6 Å². The van der Waals surface area contributed by atoms with Gasteiger partial charge in [-0.3, -0.25) is 9.69 Å². The number of alkyl halides is 1. The van der Waals surface area contributed by atoms with Crippen LogP contribution in [0, 0.1) is 5.82 Å². The molecule has 0 saturated heterocycles. The lowest BCUT2D eigenvalue weighted by atomic mass is 10.1. The molecule has 5 nitrogen and oxygen atoms in total. The van der Waals surface area contributed by atoms with Crippen molar-refractivity contribution in [1.82, 2.24) is 5.32 Å². The van der Waals surface area contributed by atoms with Gasteiger partial charge < -0.3 is 10.6 Å². The van der Waals surface area contributed by atoms with Gasteiger partial charge in [-0.2, -0.15) is 0 Å². The van der Waals surface area contributed by atoms with Crippen LogP contribution in [0.4, 0.5) is 20.6 Å². The van der Waals surface area contributed by atoms with Crippen LogP contribution in [0.5, 0.6) is 0 Å². The zero-order chi connectivity index (χ0) is 22.2. The van der Waals surface area contributed by atoms with Crippen LogP contribution in [0.25, 0.3) is 0 Å². The van der Waals surface area contributed by atoms with Crippen LogP contribution in [0.3, 0.4) is 0 Å². The summed E-state index contributed by atoms with van der Waals surface area (Å²) in [6.07, 6.45) is 0. The first kappa shape index (κ1) is 22.6. The lowest BCUT2D eigenvalue weighted by molar-refractivity contribution is -0.120. The maximum Gasteiger partial charge on any atom is 0.326 e. The van der Waals surface area contributed by atoms with E-state index >= 15 is 0 Å². The zero-order valence-corrected chi connectivity index (χ0v) is 17.9. The molecule has 0 saturated carbocycles. The zero-order valence-electron chi connectivity index (χ0n) is 16.4. The van der Waals surface area contributed by atoms with E-state index in [1.54, 1.807) is 48.5 Å². The average Bonchev–Trinajstić information content (AvgIpc) is 2.77. The quantitative estimate of drug-likeness (QED) is 0.450. The predicted octanol–water partition coefficient (Wildman–Crippen LogP) is 5.61. The van der Waals surface area contributed by atoms with Gasteiger partial charge in [-0.15, -0.1) is 11.6 Å². The summed E-state index contributed by atoms with van der Waals surface area (Å²) in [4.78, 5) is 26.7. The Morgan fingerprint density at radius 1 is 0.968 bits per heavy atom. The van der Waals surface area contributed by atoms with Gasteiger partial charge in [0.2, 0.25) is 5.91 Å². The van der Waals surface area contributed by atoms with Crippen LogP contribution in [0.1, 0.15) is 10.9 Å². The van der Waals surface area contributed by atoms with Crippen molar-refractivity contribution in [2.45, 2.75) is 5.38 Å². The predicted molar refractivity (Wildman–Crippen MR) is 122 cm³/mol. The molecular formula is C23H20Cl2FN3O2. The van der Waals surface area contributed by atoms with Gasteiger partial charge in [0.05, 0.1) is 0 Å². The fraction of sp³-hybridized carbons (Fsp3) is 0.130. The molecule has 2 N–H and O–H groups in total. The number of carbonyl (C=O) groups excluding carboxylic acids is 2. The van der Waals surface area contributed by atoms with E-state index in [4.69, 9.17) is 23.2 Å². The number of rotatable bonds is 7. The molecule has 0 bridgehead atoms. The van der Waals surface area contributed by atoms with Crippen molar-refractivity contribution in [1.29, 1.82) is 0 Å². The molecular weight excluding hydrogens is 440 g/mol. The van der Waals surface area contributed by atoms with E-state index in [0.29, 0.717) is 22.0 Å². The van der Waals surface area contributed by atoms with E-state index in [9.17, 15) is 14.0 Å². The van der Waals surface area contributed by atoms with Crippen molar-refractivity contribution in [3.8, 4) is 0 Å². The summed E-state index contributed by atoms with van der Waals surface area (Å²) in [7, 11) is 0. The molecule has 0 aliphatic heterocycles. The molecule has 0 aromatic heterocycles. The van der Waals surface area contributed by atoms with Gasteiger partial charge in [-0.05, 0) is 48.0 Å². The Labute approximate surface area is 189 Å². The second kappa shape index (κ2) is 10.8. The van der Waals surface area contributed by atoms with Crippen LogP contribution in [0.2, 0.25) is 5.02 Å². The third-order valence-corrected chi connectivity index (χ3v) is 5.10. The van der Waals surface area contributed by atoms with E-state index in [1.165, 1.54) is 29.2 Å². The smallest absolute Gasteiger partial charge is 0.326 e. The second-order valence-electron chi connectivity index (χ2n) is 6.63. The first-order valence-corrected chi connectivity index (χ1v) is 10.3. The molecule has 160 valence electrons. The molecule has 0 aliphatic carbocycles. The van der Waals surface area contributed by atoms with Crippen LogP contribution < -0.4 is 15.5 Å². The number of anilines is 2. The van der Waals surface area contributed by atoms with Gasteiger partial charge in [-0.25, -0.2) is 9.18 Å². The van der Waals surface area contributed by atoms with Gasteiger partial charge in [0, 0.05) is 29.5 Å². The number of amides is 3. The lowest BCUT2D eigenvalue weighted by Gasteiger charge is -2.24. The summed E-state index contributed by atoms with van der Waals surface area (Å²) in [6.45, 7) is 0.289. The Bertz CT molecular complexity index is 1030. The number of urea groups is 1. The van der Waals surface area contributed by atoms with Crippen molar-refractivity contribution in [2.24, 2.45) is 0 Å². The highest BCUT2D eigenvalue weighted by Crippen LogP contribution is 2.21. The Balaban J connectivity index is 1.67. The number of halogens is 3. The van der Waals surface area contributed by atoms with E-state index < -0.39 is 17.2 Å². The van der Waals surface area contributed by atoms with Crippen LogP contribution in [0.15, 0.2) is 78.9 Å². The standard InChI is InChI=1S/C23H20Cl2FN3O2/c24-17-7-4-8-19(15-17)28-23(31)29(20-11-9-18(26)10-12-20)14-13-27-22(30)21(25)16-5-2-1-3-6-16/h1-12,15,21H,13-14H2,(H,27,30)(H,28,31). The molecule has 0 aliphatic rings. The SMILES string of the molecule is O=C(NCCN(C(=O)Nc1cccc(Cl)c1)c1ccc(F)cc1)C(Cl)c1ccccc1. The van der Waals surface area contributed by atoms with Crippen LogP contribution in [-0.4, -0.2) is 25.0 Å². The topological polar surface area (TPSA) is 61.4 Å².